The van der Waals surface area contributed by atoms with Gasteiger partial charge in [0, 0.05) is 14.2 Å². The van der Waals surface area contributed by atoms with E-state index in [9.17, 15) is 4.79 Å². The van der Waals surface area contributed by atoms with E-state index in [1.54, 1.807) is 6.92 Å². The summed E-state index contributed by atoms with van der Waals surface area (Å²) in [6, 6.07) is -0.722. The molecule has 0 aromatic rings. The Labute approximate surface area is 85.7 Å². The quantitative estimate of drug-likeness (QED) is 0.471. The second kappa shape index (κ2) is 5.55. The first-order chi connectivity index (χ1) is 5.54. The van der Waals surface area contributed by atoms with Crippen molar-refractivity contribution in [1.29, 1.82) is 0 Å². The number of nitrogens with two attached hydrogens (primary N) is 1. The van der Waals surface area contributed by atoms with Crippen LogP contribution < -0.4 is 5.73 Å². The van der Waals surface area contributed by atoms with Crippen LogP contribution in [0.15, 0.2) is 0 Å². The van der Waals surface area contributed by atoms with Crippen LogP contribution in [0, 0.1) is 0 Å². The van der Waals surface area contributed by atoms with Crippen LogP contribution in [-0.4, -0.2) is 35.7 Å². The molecule has 0 bridgehead atoms. The highest BCUT2D eigenvalue weighted by Crippen LogP contribution is 2.12. The lowest BCUT2D eigenvalue weighted by Gasteiger charge is -2.26. The molecule has 2 N–H and O–H groups in total. The number of hydrogen-bond donors (Lipinski definition) is 1. The number of amides is 2. The Kier molecular flexibility index (Phi) is 5.51. The third-order valence-corrected chi connectivity index (χ3v) is 2.78. The van der Waals surface area contributed by atoms with E-state index >= 15 is 0 Å². The van der Waals surface area contributed by atoms with E-state index in [0.29, 0.717) is 0 Å². The molecular weight excluding hydrogens is 275 g/mol. The lowest BCUT2D eigenvalue weighted by Crippen LogP contribution is -2.43. The normalized spacial score (nSPS) is 13.1. The molecule has 0 aromatic carbocycles. The third-order valence-electron chi connectivity index (χ3n) is 1.43. The van der Waals surface area contributed by atoms with Crippen LogP contribution in [0.2, 0.25) is 0 Å². The number of urea groups is 1. The van der Waals surface area contributed by atoms with Crippen LogP contribution in [0.1, 0.15) is 6.92 Å². The van der Waals surface area contributed by atoms with Crippen molar-refractivity contribution in [2.45, 2.75) is 19.3 Å². The van der Waals surface area contributed by atoms with Crippen molar-refractivity contribution in [2.75, 3.05) is 14.2 Å². The predicted molar refractivity (Wildman–Crippen MR) is 52.7 cm³/mol. The summed E-state index contributed by atoms with van der Waals surface area (Å²) in [5.74, 6) is 0. The third kappa shape index (κ3) is 3.11. The van der Waals surface area contributed by atoms with E-state index in [0.717, 1.165) is 0 Å². The molecule has 0 aliphatic carbocycles. The molecular formula is C6H13IN2O3. The number of methoxy groups -OCH3 is 2. The molecule has 0 saturated heterocycles. The van der Waals surface area contributed by atoms with Crippen LogP contribution in [-0.2, 0) is 9.47 Å². The van der Waals surface area contributed by atoms with Crippen LogP contribution in [0.5, 0.6) is 0 Å². The Bertz CT molecular complexity index is 152. The van der Waals surface area contributed by atoms with Crippen molar-refractivity contribution in [3.8, 4) is 0 Å². The van der Waals surface area contributed by atoms with Gasteiger partial charge in [0.25, 0.3) is 0 Å². The zero-order valence-corrected chi connectivity index (χ0v) is 9.44. The second-order valence-corrected chi connectivity index (χ2v) is 3.27. The number of nitrogens with zero attached hydrogens (tertiary/aromatic N) is 1. The van der Waals surface area contributed by atoms with Crippen LogP contribution in [0.25, 0.3) is 0 Å². The summed E-state index contributed by atoms with van der Waals surface area (Å²) in [6.07, 6.45) is -0.450. The van der Waals surface area contributed by atoms with Gasteiger partial charge in [0.1, 0.15) is 0 Å². The molecule has 1 atom stereocenters. The molecule has 0 spiro atoms. The molecule has 0 radical (unpaired) electrons. The fraction of sp³-hybridized carbons (Fsp3) is 0.833. The van der Waals surface area contributed by atoms with Gasteiger partial charge in [-0.15, -0.1) is 0 Å². The molecule has 5 nitrogen and oxygen atoms in total. The molecule has 0 saturated carbocycles. The molecule has 0 rings (SSSR count). The van der Waals surface area contributed by atoms with Gasteiger partial charge in [-0.3, -0.25) is 3.11 Å². The Balaban J connectivity index is 4.14. The summed E-state index contributed by atoms with van der Waals surface area (Å²) >= 11 is 1.82. The van der Waals surface area contributed by atoms with Crippen molar-refractivity contribution in [3.63, 3.8) is 0 Å². The minimum Gasteiger partial charge on any atom is -0.354 e. The monoisotopic (exact) mass is 288 g/mol. The first kappa shape index (κ1) is 11.9. The van der Waals surface area contributed by atoms with Gasteiger partial charge >= 0.3 is 6.03 Å². The molecule has 0 heterocycles. The lowest BCUT2D eigenvalue weighted by atomic mass is 10.3. The predicted octanol–water partition coefficient (Wildman–Crippen LogP) is 0.724. The van der Waals surface area contributed by atoms with E-state index in [-0.39, 0.29) is 6.04 Å². The molecule has 6 heteroatoms. The SMILES string of the molecule is COC(OC)C(C)N(I)C(N)=O. The highest BCUT2D eigenvalue weighted by atomic mass is 127. The van der Waals surface area contributed by atoms with E-state index < -0.39 is 12.3 Å². The molecule has 12 heavy (non-hydrogen) atoms. The Morgan fingerprint density at radius 2 is 1.92 bits per heavy atom. The summed E-state index contributed by atoms with van der Waals surface area (Å²) in [5.41, 5.74) is 5.05. The Morgan fingerprint density at radius 3 is 2.17 bits per heavy atom. The fourth-order valence-corrected chi connectivity index (χ4v) is 1.06. The largest absolute Gasteiger partial charge is 0.354 e. The number of hydrogen-bond acceptors (Lipinski definition) is 3. The lowest BCUT2D eigenvalue weighted by molar-refractivity contribution is -0.124. The minimum atomic E-state index is -0.512. The molecule has 0 fully saturated rings. The fourth-order valence-electron chi connectivity index (χ4n) is 0.798. The van der Waals surface area contributed by atoms with E-state index in [1.165, 1.54) is 17.3 Å². The van der Waals surface area contributed by atoms with Crippen LogP contribution in [0.4, 0.5) is 4.79 Å². The smallest absolute Gasteiger partial charge is 0.323 e. The molecule has 0 aromatic heterocycles. The number of rotatable bonds is 4. The molecule has 2 amide bonds. The molecule has 0 aliphatic rings. The number of carbonyl (C=O) groups is 1. The highest BCUT2D eigenvalue weighted by molar-refractivity contribution is 14.1. The summed E-state index contributed by atoms with van der Waals surface area (Å²) in [5, 5.41) is 0. The highest BCUT2D eigenvalue weighted by Gasteiger charge is 2.23. The van der Waals surface area contributed by atoms with Gasteiger partial charge in [-0.05, 0) is 6.92 Å². The number of primary amides is 1. The average molecular weight is 288 g/mol. The van der Waals surface area contributed by atoms with Gasteiger partial charge in [-0.25, -0.2) is 4.79 Å². The second-order valence-electron chi connectivity index (χ2n) is 2.23. The topological polar surface area (TPSA) is 64.8 Å². The van der Waals surface area contributed by atoms with E-state index in [1.807, 2.05) is 22.9 Å². The van der Waals surface area contributed by atoms with Gasteiger partial charge in [0.05, 0.1) is 28.9 Å². The first-order valence-electron chi connectivity index (χ1n) is 3.34. The summed E-state index contributed by atoms with van der Waals surface area (Å²) in [6.45, 7) is 1.79. The van der Waals surface area contributed by atoms with Crippen molar-refractivity contribution in [2.24, 2.45) is 5.73 Å². The van der Waals surface area contributed by atoms with Crippen molar-refractivity contribution in [3.05, 3.63) is 0 Å². The average Bonchev–Trinajstić information content (AvgIpc) is 2.05. The van der Waals surface area contributed by atoms with Gasteiger partial charge in [-0.2, -0.15) is 0 Å². The maximum atomic E-state index is 10.7. The van der Waals surface area contributed by atoms with Crippen molar-refractivity contribution < 1.29 is 14.3 Å². The summed E-state index contributed by atoms with van der Waals surface area (Å²) in [4.78, 5) is 10.7. The zero-order valence-electron chi connectivity index (χ0n) is 7.28. The van der Waals surface area contributed by atoms with E-state index in [2.05, 4.69) is 0 Å². The molecule has 0 aliphatic heterocycles. The van der Waals surface area contributed by atoms with Crippen molar-refractivity contribution in [1.82, 2.24) is 3.11 Å². The Morgan fingerprint density at radius 1 is 1.50 bits per heavy atom. The number of carbonyl (C=O) groups excluding carboxylic acids is 1. The Hall–Kier alpha value is -0.0800. The van der Waals surface area contributed by atoms with Gasteiger partial charge in [0.15, 0.2) is 6.29 Å². The minimum absolute atomic E-state index is 0.210. The maximum Gasteiger partial charge on any atom is 0.323 e. The number of halogens is 1. The zero-order chi connectivity index (χ0) is 9.72. The molecule has 1 unspecified atom stereocenters. The molecule has 72 valence electrons. The summed E-state index contributed by atoms with van der Waals surface area (Å²) in [7, 11) is 3.02. The maximum absolute atomic E-state index is 10.7. The van der Waals surface area contributed by atoms with Gasteiger partial charge < -0.3 is 15.2 Å². The summed E-state index contributed by atoms with van der Waals surface area (Å²) < 4.78 is 11.2. The van der Waals surface area contributed by atoms with E-state index in [4.69, 9.17) is 15.2 Å². The van der Waals surface area contributed by atoms with Crippen molar-refractivity contribution >= 4 is 28.9 Å². The standard InChI is InChI=1S/C6H13IN2O3/c1-4(5(11-2)12-3)9(7)6(8)10/h4-5H,1-3H3,(H2,8,10). The number of ether oxygens (including phenoxy) is 2. The first-order valence-corrected chi connectivity index (χ1v) is 4.31. The van der Waals surface area contributed by atoms with Crippen LogP contribution >= 0.6 is 22.9 Å². The van der Waals surface area contributed by atoms with Gasteiger partial charge in [0.2, 0.25) is 0 Å². The van der Waals surface area contributed by atoms with Crippen LogP contribution in [0.3, 0.4) is 0 Å². The van der Waals surface area contributed by atoms with Gasteiger partial charge in [-0.1, -0.05) is 0 Å².